The fourth-order valence-corrected chi connectivity index (χ4v) is 6.61. The van der Waals surface area contributed by atoms with E-state index in [9.17, 15) is 26.9 Å². The van der Waals surface area contributed by atoms with Crippen molar-refractivity contribution in [2.45, 2.75) is 30.1 Å². The second kappa shape index (κ2) is 8.14. The van der Waals surface area contributed by atoms with E-state index in [-0.39, 0.29) is 21.4 Å². The van der Waals surface area contributed by atoms with Gasteiger partial charge < -0.3 is 0 Å². The van der Waals surface area contributed by atoms with Gasteiger partial charge in [-0.1, -0.05) is 25.4 Å². The largest absolute Gasteiger partial charge is 0.289 e. The number of rotatable bonds is 7. The Morgan fingerprint density at radius 1 is 1.07 bits per heavy atom. The predicted molar refractivity (Wildman–Crippen MR) is 113 cm³/mol. The molecule has 0 bridgehead atoms. The van der Waals surface area contributed by atoms with Crippen LogP contribution >= 0.6 is 11.6 Å². The molecule has 0 saturated heterocycles. The quantitative estimate of drug-likeness (QED) is 0.450. The van der Waals surface area contributed by atoms with Crippen LogP contribution in [-0.4, -0.2) is 45.7 Å². The SMILES string of the molecule is CCN(CC)S(=O)(=O)c1ccc2c(c1)CCN2S(=O)(=O)c1ccc(Cl)c([N+](=O)[O-])c1. The van der Waals surface area contributed by atoms with Gasteiger partial charge in [-0.15, -0.1) is 0 Å². The minimum absolute atomic E-state index is 0.100. The van der Waals surface area contributed by atoms with E-state index in [0.29, 0.717) is 30.8 Å². The molecule has 1 heterocycles. The fourth-order valence-electron chi connectivity index (χ4n) is 3.39. The highest BCUT2D eigenvalue weighted by molar-refractivity contribution is 7.92. The Balaban J connectivity index is 2.02. The number of anilines is 1. The van der Waals surface area contributed by atoms with Crippen LogP contribution in [0.25, 0.3) is 0 Å². The topological polar surface area (TPSA) is 118 Å². The molecule has 0 fully saturated rings. The monoisotopic (exact) mass is 473 g/mol. The summed E-state index contributed by atoms with van der Waals surface area (Å²) in [5, 5.41) is 10.9. The Morgan fingerprint density at radius 2 is 1.70 bits per heavy atom. The molecule has 30 heavy (non-hydrogen) atoms. The molecule has 0 aliphatic carbocycles. The standard InChI is InChI=1S/C18H20ClN3O6S2/c1-3-20(4-2)29(25,26)14-6-8-17-13(11-14)9-10-21(17)30(27,28)15-5-7-16(19)18(12-15)22(23)24/h5-8,11-12H,3-4,9-10H2,1-2H3. The van der Waals surface area contributed by atoms with Crippen molar-refractivity contribution in [1.82, 2.24) is 4.31 Å². The van der Waals surface area contributed by atoms with Crippen LogP contribution in [-0.2, 0) is 26.5 Å². The third kappa shape index (κ3) is 3.78. The maximum absolute atomic E-state index is 13.1. The van der Waals surface area contributed by atoms with Crippen LogP contribution in [0.4, 0.5) is 11.4 Å². The molecular weight excluding hydrogens is 454 g/mol. The Labute approximate surface area is 180 Å². The number of hydrogen-bond acceptors (Lipinski definition) is 6. The number of halogens is 1. The summed E-state index contributed by atoms with van der Waals surface area (Å²) in [5.74, 6) is 0. The molecule has 0 radical (unpaired) electrons. The van der Waals surface area contributed by atoms with Gasteiger partial charge in [-0.25, -0.2) is 16.8 Å². The number of nitro benzene ring substituents is 1. The zero-order valence-corrected chi connectivity index (χ0v) is 18.7. The van der Waals surface area contributed by atoms with E-state index >= 15 is 0 Å². The molecule has 0 spiro atoms. The molecule has 12 heteroatoms. The Hall–Kier alpha value is -2.21. The molecule has 0 N–H and O–H groups in total. The van der Waals surface area contributed by atoms with Crippen LogP contribution in [0.2, 0.25) is 5.02 Å². The van der Waals surface area contributed by atoms with Gasteiger partial charge in [0.05, 0.1) is 20.4 Å². The second-order valence-corrected chi connectivity index (χ2v) is 10.8. The summed E-state index contributed by atoms with van der Waals surface area (Å²) in [6.07, 6.45) is 0.325. The number of nitrogens with zero attached hydrogens (tertiary/aromatic N) is 3. The summed E-state index contributed by atoms with van der Waals surface area (Å²) in [4.78, 5) is 10.2. The van der Waals surface area contributed by atoms with E-state index in [4.69, 9.17) is 11.6 Å². The number of hydrogen-bond donors (Lipinski definition) is 0. The number of nitro groups is 1. The lowest BCUT2D eigenvalue weighted by Crippen LogP contribution is -2.31. The van der Waals surface area contributed by atoms with Crippen LogP contribution in [0, 0.1) is 10.1 Å². The van der Waals surface area contributed by atoms with Crippen molar-refractivity contribution in [1.29, 1.82) is 0 Å². The summed E-state index contributed by atoms with van der Waals surface area (Å²) >= 11 is 5.78. The van der Waals surface area contributed by atoms with E-state index in [1.54, 1.807) is 13.8 Å². The first-order chi connectivity index (χ1) is 14.0. The zero-order chi connectivity index (χ0) is 22.3. The molecule has 3 rings (SSSR count). The molecular formula is C18H20ClN3O6S2. The molecule has 9 nitrogen and oxygen atoms in total. The Bertz CT molecular complexity index is 1210. The molecule has 1 aliphatic rings. The van der Waals surface area contributed by atoms with Gasteiger partial charge in [-0.2, -0.15) is 4.31 Å². The predicted octanol–water partition coefficient (Wildman–Crippen LogP) is 3.03. The molecule has 0 amide bonds. The van der Waals surface area contributed by atoms with E-state index in [2.05, 4.69) is 0 Å². The number of benzene rings is 2. The molecule has 2 aromatic rings. The second-order valence-electron chi connectivity index (χ2n) is 6.58. The number of sulfonamides is 2. The van der Waals surface area contributed by atoms with Crippen molar-refractivity contribution < 1.29 is 21.8 Å². The smallest absolute Gasteiger partial charge is 0.266 e. The first-order valence-electron chi connectivity index (χ1n) is 9.13. The van der Waals surface area contributed by atoms with Crippen molar-refractivity contribution in [3.8, 4) is 0 Å². The lowest BCUT2D eigenvalue weighted by atomic mass is 10.2. The van der Waals surface area contributed by atoms with Gasteiger partial charge in [0.2, 0.25) is 10.0 Å². The molecule has 162 valence electrons. The Kier molecular flexibility index (Phi) is 6.10. The van der Waals surface area contributed by atoms with Crippen molar-refractivity contribution in [3.05, 3.63) is 57.1 Å². The van der Waals surface area contributed by atoms with E-state index in [1.165, 1.54) is 34.6 Å². The van der Waals surface area contributed by atoms with Crippen LogP contribution < -0.4 is 4.31 Å². The van der Waals surface area contributed by atoms with Gasteiger partial charge >= 0.3 is 0 Å². The van der Waals surface area contributed by atoms with Gasteiger partial charge in [0, 0.05) is 25.7 Å². The first-order valence-corrected chi connectivity index (χ1v) is 12.4. The van der Waals surface area contributed by atoms with Gasteiger partial charge in [0.1, 0.15) is 5.02 Å². The first kappa shape index (κ1) is 22.5. The highest BCUT2D eigenvalue weighted by Gasteiger charge is 2.33. The van der Waals surface area contributed by atoms with Gasteiger partial charge in [0.25, 0.3) is 15.7 Å². The molecule has 0 atom stereocenters. The molecule has 0 aromatic heterocycles. The molecule has 0 unspecified atom stereocenters. The van der Waals surface area contributed by atoms with E-state index in [1.807, 2.05) is 0 Å². The van der Waals surface area contributed by atoms with Crippen molar-refractivity contribution in [3.63, 3.8) is 0 Å². The van der Waals surface area contributed by atoms with Crippen LogP contribution in [0.5, 0.6) is 0 Å². The minimum Gasteiger partial charge on any atom is -0.266 e. The molecule has 2 aromatic carbocycles. The summed E-state index contributed by atoms with van der Waals surface area (Å²) in [7, 11) is -7.76. The summed E-state index contributed by atoms with van der Waals surface area (Å²) in [5.41, 5.74) is 0.430. The number of fused-ring (bicyclic) bond motifs is 1. The average molecular weight is 474 g/mol. The fraction of sp³-hybridized carbons (Fsp3) is 0.333. The molecule has 0 saturated carbocycles. The lowest BCUT2D eigenvalue weighted by Gasteiger charge is -2.21. The Morgan fingerprint density at radius 3 is 2.30 bits per heavy atom. The maximum Gasteiger partial charge on any atom is 0.289 e. The normalized spacial score (nSPS) is 14.2. The third-order valence-electron chi connectivity index (χ3n) is 4.95. The minimum atomic E-state index is -4.09. The summed E-state index contributed by atoms with van der Waals surface area (Å²) < 4.78 is 54.1. The maximum atomic E-state index is 13.1. The van der Waals surface area contributed by atoms with Gasteiger partial charge in [0.15, 0.2) is 0 Å². The van der Waals surface area contributed by atoms with Crippen molar-refractivity contribution >= 4 is 43.0 Å². The highest BCUT2D eigenvalue weighted by Crippen LogP contribution is 2.36. The lowest BCUT2D eigenvalue weighted by molar-refractivity contribution is -0.384. The summed E-state index contributed by atoms with van der Waals surface area (Å²) in [6.45, 7) is 4.24. The van der Waals surface area contributed by atoms with E-state index in [0.717, 1.165) is 10.4 Å². The average Bonchev–Trinajstić information content (AvgIpc) is 3.12. The van der Waals surface area contributed by atoms with Crippen molar-refractivity contribution in [2.75, 3.05) is 23.9 Å². The zero-order valence-electron chi connectivity index (χ0n) is 16.3. The van der Waals surface area contributed by atoms with Gasteiger partial charge in [-0.05, 0) is 42.3 Å². The van der Waals surface area contributed by atoms with Crippen LogP contribution in [0.15, 0.2) is 46.2 Å². The third-order valence-corrected chi connectivity index (χ3v) is 9.12. The molecule has 1 aliphatic heterocycles. The summed E-state index contributed by atoms with van der Waals surface area (Å²) in [6, 6.07) is 7.63. The van der Waals surface area contributed by atoms with Crippen molar-refractivity contribution in [2.24, 2.45) is 0 Å². The highest BCUT2D eigenvalue weighted by atomic mass is 35.5. The van der Waals surface area contributed by atoms with Gasteiger partial charge in [-0.3, -0.25) is 14.4 Å². The van der Waals surface area contributed by atoms with Crippen LogP contribution in [0.1, 0.15) is 19.4 Å². The van der Waals surface area contributed by atoms with E-state index < -0.39 is 30.7 Å². The van der Waals surface area contributed by atoms with Crippen LogP contribution in [0.3, 0.4) is 0 Å².